The van der Waals surface area contributed by atoms with Gasteiger partial charge >= 0.3 is 5.69 Å². The predicted molar refractivity (Wildman–Crippen MR) is 131 cm³/mol. The van der Waals surface area contributed by atoms with E-state index in [0.717, 1.165) is 11.1 Å². The lowest BCUT2D eigenvalue weighted by atomic mass is 10.1. The SMILES string of the molecule is O=c1[nH]nc(-c2ccc(OCc3ccccc3)cc2OCc2ccccc2)n1-c1ccc(F)cc1. The minimum atomic E-state index is -0.440. The standard InChI is InChI=1S/C28H22FN3O3/c29-22-11-13-23(14-12-22)32-27(30-31-28(32)33)25-16-15-24(34-18-20-7-3-1-4-8-20)17-26(25)35-19-21-9-5-2-6-10-21/h1-17H,18-19H2,(H,31,33). The summed E-state index contributed by atoms with van der Waals surface area (Å²) in [6.45, 7) is 0.724. The Hall–Kier alpha value is -4.65. The number of nitrogens with zero attached hydrogens (tertiary/aromatic N) is 2. The van der Waals surface area contributed by atoms with Crippen LogP contribution in [0.1, 0.15) is 11.1 Å². The molecule has 174 valence electrons. The Bertz CT molecular complexity index is 1460. The van der Waals surface area contributed by atoms with Gasteiger partial charge in [-0.15, -0.1) is 0 Å². The van der Waals surface area contributed by atoms with E-state index in [1.807, 2.05) is 66.7 Å². The molecule has 0 aliphatic heterocycles. The van der Waals surface area contributed by atoms with E-state index in [2.05, 4.69) is 10.2 Å². The molecule has 35 heavy (non-hydrogen) atoms. The summed E-state index contributed by atoms with van der Waals surface area (Å²) in [4.78, 5) is 12.6. The molecular weight excluding hydrogens is 445 g/mol. The van der Waals surface area contributed by atoms with Gasteiger partial charge in [0.15, 0.2) is 5.82 Å². The van der Waals surface area contributed by atoms with E-state index >= 15 is 0 Å². The first-order valence-electron chi connectivity index (χ1n) is 11.1. The molecule has 0 aliphatic carbocycles. The van der Waals surface area contributed by atoms with Gasteiger partial charge in [-0.3, -0.25) is 0 Å². The zero-order valence-corrected chi connectivity index (χ0v) is 18.7. The third kappa shape index (κ3) is 5.14. The maximum Gasteiger partial charge on any atom is 0.348 e. The fourth-order valence-electron chi connectivity index (χ4n) is 3.68. The van der Waals surface area contributed by atoms with Crippen LogP contribution in [0.15, 0.2) is 108 Å². The molecule has 0 saturated heterocycles. The number of benzene rings is 4. The molecule has 7 heteroatoms. The molecular formula is C28H22FN3O3. The average molecular weight is 468 g/mol. The summed E-state index contributed by atoms with van der Waals surface area (Å²) in [5, 5.41) is 6.72. The lowest BCUT2D eigenvalue weighted by Gasteiger charge is -2.15. The van der Waals surface area contributed by atoms with Gasteiger partial charge in [-0.05, 0) is 47.5 Å². The second kappa shape index (κ2) is 10.1. The van der Waals surface area contributed by atoms with Crippen molar-refractivity contribution < 1.29 is 13.9 Å². The average Bonchev–Trinajstić information content (AvgIpc) is 3.29. The lowest BCUT2D eigenvalue weighted by Crippen LogP contribution is -2.15. The third-order valence-corrected chi connectivity index (χ3v) is 5.44. The van der Waals surface area contributed by atoms with Crippen LogP contribution in [0, 0.1) is 5.82 Å². The largest absolute Gasteiger partial charge is 0.489 e. The van der Waals surface area contributed by atoms with Crippen LogP contribution in [-0.4, -0.2) is 14.8 Å². The molecule has 0 amide bonds. The maximum absolute atomic E-state index is 13.5. The van der Waals surface area contributed by atoms with Gasteiger partial charge in [-0.2, -0.15) is 5.10 Å². The first-order chi connectivity index (χ1) is 17.2. The molecule has 1 N–H and O–H groups in total. The Morgan fingerprint density at radius 3 is 2.06 bits per heavy atom. The molecule has 0 saturated carbocycles. The summed E-state index contributed by atoms with van der Waals surface area (Å²) < 4.78 is 27.0. The van der Waals surface area contributed by atoms with E-state index in [1.165, 1.54) is 28.8 Å². The Morgan fingerprint density at radius 1 is 0.771 bits per heavy atom. The molecule has 0 unspecified atom stereocenters. The van der Waals surface area contributed by atoms with Crippen molar-refractivity contribution in [1.82, 2.24) is 14.8 Å². The van der Waals surface area contributed by atoms with Gasteiger partial charge in [0, 0.05) is 6.07 Å². The summed E-state index contributed by atoms with van der Waals surface area (Å²) in [6, 6.07) is 30.7. The van der Waals surface area contributed by atoms with Crippen LogP contribution in [0.3, 0.4) is 0 Å². The van der Waals surface area contributed by atoms with Crippen LogP contribution in [0.4, 0.5) is 4.39 Å². The topological polar surface area (TPSA) is 69.1 Å². The number of hydrogen-bond donors (Lipinski definition) is 1. The summed E-state index contributed by atoms with van der Waals surface area (Å²) >= 11 is 0. The second-order valence-electron chi connectivity index (χ2n) is 7.87. The van der Waals surface area contributed by atoms with Crippen LogP contribution >= 0.6 is 0 Å². The molecule has 6 nitrogen and oxygen atoms in total. The highest BCUT2D eigenvalue weighted by Gasteiger charge is 2.18. The van der Waals surface area contributed by atoms with E-state index in [-0.39, 0.29) is 0 Å². The Balaban J connectivity index is 1.51. The van der Waals surface area contributed by atoms with Gasteiger partial charge in [0.2, 0.25) is 0 Å². The van der Waals surface area contributed by atoms with E-state index < -0.39 is 11.5 Å². The van der Waals surface area contributed by atoms with E-state index in [0.29, 0.717) is 41.8 Å². The molecule has 5 aromatic rings. The van der Waals surface area contributed by atoms with E-state index in [4.69, 9.17) is 9.47 Å². The van der Waals surface area contributed by atoms with E-state index in [9.17, 15) is 9.18 Å². The zero-order valence-electron chi connectivity index (χ0n) is 18.7. The molecule has 5 rings (SSSR count). The van der Waals surface area contributed by atoms with Crippen molar-refractivity contribution in [2.75, 3.05) is 0 Å². The van der Waals surface area contributed by atoms with Crippen molar-refractivity contribution in [3.63, 3.8) is 0 Å². The lowest BCUT2D eigenvalue weighted by molar-refractivity contribution is 0.290. The fourth-order valence-corrected chi connectivity index (χ4v) is 3.68. The first-order valence-corrected chi connectivity index (χ1v) is 11.1. The number of aromatic amines is 1. The van der Waals surface area contributed by atoms with Gasteiger partial charge in [0.1, 0.15) is 30.5 Å². The minimum absolute atomic E-state index is 0.321. The molecule has 0 aliphatic rings. The highest BCUT2D eigenvalue weighted by atomic mass is 19.1. The Kier molecular flexibility index (Phi) is 6.39. The van der Waals surface area contributed by atoms with Crippen molar-refractivity contribution in [2.45, 2.75) is 13.2 Å². The third-order valence-electron chi connectivity index (χ3n) is 5.44. The zero-order chi connectivity index (χ0) is 24.0. The first kappa shape index (κ1) is 22.2. The maximum atomic E-state index is 13.5. The number of aromatic nitrogens is 3. The van der Waals surface area contributed by atoms with Gasteiger partial charge in [-0.25, -0.2) is 18.9 Å². The van der Waals surface area contributed by atoms with Crippen molar-refractivity contribution in [2.24, 2.45) is 0 Å². The predicted octanol–water partition coefficient (Wildman–Crippen LogP) is 5.52. The quantitative estimate of drug-likeness (QED) is 0.326. The van der Waals surface area contributed by atoms with Crippen molar-refractivity contribution >= 4 is 0 Å². The van der Waals surface area contributed by atoms with Gasteiger partial charge < -0.3 is 9.47 Å². The van der Waals surface area contributed by atoms with Crippen LogP contribution in [0.5, 0.6) is 11.5 Å². The summed E-state index contributed by atoms with van der Waals surface area (Å²) in [5.41, 5.74) is 2.67. The Morgan fingerprint density at radius 2 is 1.40 bits per heavy atom. The smallest absolute Gasteiger partial charge is 0.348 e. The number of ether oxygens (including phenoxy) is 2. The van der Waals surface area contributed by atoms with E-state index in [1.54, 1.807) is 12.1 Å². The van der Waals surface area contributed by atoms with Gasteiger partial charge in [-0.1, -0.05) is 60.7 Å². The van der Waals surface area contributed by atoms with Crippen LogP contribution in [0.25, 0.3) is 17.1 Å². The summed E-state index contributed by atoms with van der Waals surface area (Å²) in [6.07, 6.45) is 0. The second-order valence-corrected chi connectivity index (χ2v) is 7.87. The van der Waals surface area contributed by atoms with Crippen LogP contribution in [0.2, 0.25) is 0 Å². The molecule has 0 radical (unpaired) electrons. The van der Waals surface area contributed by atoms with Gasteiger partial charge in [0.25, 0.3) is 0 Å². The van der Waals surface area contributed by atoms with Crippen molar-refractivity contribution in [3.8, 4) is 28.6 Å². The molecule has 0 fully saturated rings. The molecule has 0 bridgehead atoms. The number of halogens is 1. The summed E-state index contributed by atoms with van der Waals surface area (Å²) in [5.74, 6) is 1.08. The van der Waals surface area contributed by atoms with Crippen LogP contribution < -0.4 is 15.2 Å². The van der Waals surface area contributed by atoms with Crippen LogP contribution in [-0.2, 0) is 13.2 Å². The molecule has 0 atom stereocenters. The highest BCUT2D eigenvalue weighted by molar-refractivity contribution is 5.67. The number of hydrogen-bond acceptors (Lipinski definition) is 4. The fraction of sp³-hybridized carbons (Fsp3) is 0.0714. The molecule has 1 aromatic heterocycles. The normalized spacial score (nSPS) is 10.8. The minimum Gasteiger partial charge on any atom is -0.489 e. The number of nitrogens with one attached hydrogen (secondary N) is 1. The molecule has 0 spiro atoms. The summed E-state index contributed by atoms with van der Waals surface area (Å²) in [7, 11) is 0. The van der Waals surface area contributed by atoms with Crippen molar-refractivity contribution in [3.05, 3.63) is 131 Å². The molecule has 4 aromatic carbocycles. The highest BCUT2D eigenvalue weighted by Crippen LogP contribution is 2.34. The van der Waals surface area contributed by atoms with Gasteiger partial charge in [0.05, 0.1) is 11.3 Å². The Labute approximate surface area is 201 Å². The monoisotopic (exact) mass is 467 g/mol. The molecule has 1 heterocycles. The number of rotatable bonds is 8. The number of H-pyrrole nitrogens is 1. The van der Waals surface area contributed by atoms with Crippen molar-refractivity contribution in [1.29, 1.82) is 0 Å².